The van der Waals surface area contributed by atoms with Crippen LogP contribution in [-0.2, 0) is 17.6 Å². The minimum Gasteiger partial charge on any atom is -0.481 e. The molecule has 1 fully saturated rings. The highest BCUT2D eigenvalue weighted by atomic mass is 19.1. The molecule has 0 radical (unpaired) electrons. The first kappa shape index (κ1) is 16.8. The fourth-order valence-electron chi connectivity index (χ4n) is 3.92. The van der Waals surface area contributed by atoms with Crippen molar-refractivity contribution in [2.75, 3.05) is 13.1 Å². The van der Waals surface area contributed by atoms with Crippen LogP contribution in [0, 0.1) is 11.7 Å². The first-order valence-electron chi connectivity index (χ1n) is 8.93. The van der Waals surface area contributed by atoms with Crippen LogP contribution in [0.15, 0.2) is 24.3 Å². The van der Waals surface area contributed by atoms with Crippen molar-refractivity contribution in [3.63, 3.8) is 0 Å². The number of fused-ring (bicyclic) bond motifs is 1. The van der Waals surface area contributed by atoms with Gasteiger partial charge in [-0.05, 0) is 56.4 Å². The van der Waals surface area contributed by atoms with Crippen molar-refractivity contribution in [1.29, 1.82) is 0 Å². The van der Waals surface area contributed by atoms with Crippen LogP contribution < -0.4 is 0 Å². The van der Waals surface area contributed by atoms with E-state index in [4.69, 9.17) is 0 Å². The van der Waals surface area contributed by atoms with Crippen LogP contribution in [0.25, 0.3) is 5.69 Å². The molecule has 1 saturated heterocycles. The zero-order valence-electron chi connectivity index (χ0n) is 14.3. The molecule has 0 bridgehead atoms. The van der Waals surface area contributed by atoms with Gasteiger partial charge in [-0.3, -0.25) is 9.59 Å². The van der Waals surface area contributed by atoms with Crippen molar-refractivity contribution in [3.05, 3.63) is 47.0 Å². The molecule has 1 aliphatic carbocycles. The van der Waals surface area contributed by atoms with Crippen molar-refractivity contribution in [3.8, 4) is 5.69 Å². The van der Waals surface area contributed by atoms with Gasteiger partial charge in [-0.1, -0.05) is 0 Å². The topological polar surface area (TPSA) is 75.4 Å². The molecule has 0 saturated carbocycles. The highest BCUT2D eigenvalue weighted by molar-refractivity contribution is 5.94. The Morgan fingerprint density at radius 1 is 1.15 bits per heavy atom. The molecule has 7 heteroatoms. The van der Waals surface area contributed by atoms with Gasteiger partial charge < -0.3 is 10.0 Å². The minimum absolute atomic E-state index is 0.199. The molecule has 26 heavy (non-hydrogen) atoms. The lowest BCUT2D eigenvalue weighted by Crippen LogP contribution is -2.42. The lowest BCUT2D eigenvalue weighted by molar-refractivity contribution is -0.143. The van der Waals surface area contributed by atoms with E-state index in [0.717, 1.165) is 36.2 Å². The van der Waals surface area contributed by atoms with Gasteiger partial charge in [0, 0.05) is 24.3 Å². The Labute approximate surface area is 150 Å². The van der Waals surface area contributed by atoms with Crippen LogP contribution in [0.3, 0.4) is 0 Å². The predicted molar refractivity (Wildman–Crippen MR) is 91.8 cm³/mol. The summed E-state index contributed by atoms with van der Waals surface area (Å²) >= 11 is 0. The summed E-state index contributed by atoms with van der Waals surface area (Å²) in [6.07, 6.45) is 3.84. The van der Waals surface area contributed by atoms with Crippen molar-refractivity contribution < 1.29 is 19.1 Å². The number of piperidine rings is 1. The van der Waals surface area contributed by atoms with E-state index in [1.165, 1.54) is 12.1 Å². The smallest absolute Gasteiger partial charge is 0.308 e. The van der Waals surface area contributed by atoms with Gasteiger partial charge in [0.05, 0.1) is 11.6 Å². The van der Waals surface area contributed by atoms with Crippen LogP contribution in [-0.4, -0.2) is 44.8 Å². The molecule has 2 heterocycles. The SMILES string of the molecule is O=C(O)[C@H]1CCCN(C(=O)c2nn(-c3ccc(F)cc3)c3c2CCC3)C1. The molecule has 0 unspecified atom stereocenters. The Bertz CT molecular complexity index is 860. The number of carbonyl (C=O) groups is 2. The molecule has 1 aliphatic heterocycles. The Morgan fingerprint density at radius 2 is 1.92 bits per heavy atom. The van der Waals surface area contributed by atoms with Crippen molar-refractivity contribution >= 4 is 11.9 Å². The number of likely N-dealkylation sites (tertiary alicyclic amines) is 1. The second-order valence-electron chi connectivity index (χ2n) is 6.94. The molecular formula is C19H20FN3O3. The van der Waals surface area contributed by atoms with E-state index in [0.29, 0.717) is 25.1 Å². The van der Waals surface area contributed by atoms with E-state index in [1.54, 1.807) is 21.7 Å². The average Bonchev–Trinajstić information content (AvgIpc) is 3.25. The summed E-state index contributed by atoms with van der Waals surface area (Å²) in [6, 6.07) is 6.05. The maximum atomic E-state index is 13.2. The second kappa shape index (κ2) is 6.55. The number of halogens is 1. The van der Waals surface area contributed by atoms with Gasteiger partial charge in [-0.15, -0.1) is 0 Å². The van der Waals surface area contributed by atoms with Crippen LogP contribution in [0.2, 0.25) is 0 Å². The summed E-state index contributed by atoms with van der Waals surface area (Å²) in [5.74, 6) is -1.89. The first-order chi connectivity index (χ1) is 12.5. The molecule has 6 nitrogen and oxygen atoms in total. The molecule has 1 aromatic carbocycles. The van der Waals surface area contributed by atoms with E-state index < -0.39 is 11.9 Å². The van der Waals surface area contributed by atoms with Gasteiger partial charge in [0.2, 0.25) is 0 Å². The summed E-state index contributed by atoms with van der Waals surface area (Å²) < 4.78 is 14.9. The van der Waals surface area contributed by atoms with E-state index >= 15 is 0 Å². The largest absolute Gasteiger partial charge is 0.481 e. The van der Waals surface area contributed by atoms with E-state index in [-0.39, 0.29) is 18.3 Å². The van der Waals surface area contributed by atoms with Crippen molar-refractivity contribution in [2.24, 2.45) is 5.92 Å². The van der Waals surface area contributed by atoms with Crippen molar-refractivity contribution in [1.82, 2.24) is 14.7 Å². The molecule has 2 aromatic rings. The van der Waals surface area contributed by atoms with Crippen molar-refractivity contribution in [2.45, 2.75) is 32.1 Å². The molecule has 1 amide bonds. The minimum atomic E-state index is -0.857. The maximum absolute atomic E-state index is 13.2. The number of benzene rings is 1. The van der Waals surface area contributed by atoms with E-state index in [2.05, 4.69) is 5.10 Å². The number of nitrogens with zero attached hydrogens (tertiary/aromatic N) is 3. The maximum Gasteiger partial charge on any atom is 0.308 e. The molecule has 1 aromatic heterocycles. The summed E-state index contributed by atoms with van der Waals surface area (Å²) in [6.45, 7) is 0.785. The number of aromatic nitrogens is 2. The van der Waals surface area contributed by atoms with Gasteiger partial charge in [-0.2, -0.15) is 5.10 Å². The lowest BCUT2D eigenvalue weighted by Gasteiger charge is -2.30. The quantitative estimate of drug-likeness (QED) is 0.915. The standard InChI is InChI=1S/C19H20FN3O3/c20-13-6-8-14(9-7-13)23-16-5-1-4-15(16)17(21-23)18(24)22-10-2-3-12(11-22)19(25)26/h6-9,12H,1-5,10-11H2,(H,25,26)/t12-/m0/s1. The van der Waals surface area contributed by atoms with Gasteiger partial charge in [-0.25, -0.2) is 9.07 Å². The van der Waals surface area contributed by atoms with Gasteiger partial charge in [0.1, 0.15) is 5.82 Å². The zero-order chi connectivity index (χ0) is 18.3. The van der Waals surface area contributed by atoms with Crippen LogP contribution >= 0.6 is 0 Å². The normalized spacial score (nSPS) is 19.4. The third-order valence-electron chi connectivity index (χ3n) is 5.26. The second-order valence-corrected chi connectivity index (χ2v) is 6.94. The molecule has 1 atom stereocenters. The molecule has 1 N–H and O–H groups in total. The molecule has 2 aliphatic rings. The number of carboxylic acids is 1. The lowest BCUT2D eigenvalue weighted by atomic mass is 9.98. The molecule has 136 valence electrons. The number of carbonyl (C=O) groups excluding carboxylic acids is 1. The summed E-state index contributed by atoms with van der Waals surface area (Å²) in [7, 11) is 0. The average molecular weight is 357 g/mol. The summed E-state index contributed by atoms with van der Waals surface area (Å²) in [4.78, 5) is 25.9. The van der Waals surface area contributed by atoms with E-state index in [9.17, 15) is 19.1 Å². The fraction of sp³-hybridized carbons (Fsp3) is 0.421. The monoisotopic (exact) mass is 357 g/mol. The third kappa shape index (κ3) is 2.87. The fourth-order valence-corrected chi connectivity index (χ4v) is 3.92. The predicted octanol–water partition coefficient (Wildman–Crippen LogP) is 2.44. The first-order valence-corrected chi connectivity index (χ1v) is 8.93. The number of carboxylic acid groups (broad SMARTS) is 1. The van der Waals surface area contributed by atoms with Gasteiger partial charge in [0.15, 0.2) is 5.69 Å². The number of aliphatic carboxylic acids is 1. The number of rotatable bonds is 3. The molecule has 4 rings (SSSR count). The molecule has 0 spiro atoms. The van der Waals surface area contributed by atoms with Crippen LogP contribution in [0.4, 0.5) is 4.39 Å². The Morgan fingerprint density at radius 3 is 2.65 bits per heavy atom. The highest BCUT2D eigenvalue weighted by Crippen LogP contribution is 2.29. The van der Waals surface area contributed by atoms with E-state index in [1.807, 2.05) is 0 Å². The zero-order valence-corrected chi connectivity index (χ0v) is 14.3. The van der Waals surface area contributed by atoms with Crippen LogP contribution in [0.5, 0.6) is 0 Å². The number of hydrogen-bond acceptors (Lipinski definition) is 3. The van der Waals surface area contributed by atoms with Gasteiger partial charge >= 0.3 is 5.97 Å². The number of amides is 1. The Balaban J connectivity index is 1.67. The third-order valence-corrected chi connectivity index (χ3v) is 5.26. The molecular weight excluding hydrogens is 337 g/mol. The summed E-state index contributed by atoms with van der Waals surface area (Å²) in [5, 5.41) is 13.8. The number of hydrogen-bond donors (Lipinski definition) is 1. The Hall–Kier alpha value is -2.70. The van der Waals surface area contributed by atoms with Crippen LogP contribution in [0.1, 0.15) is 41.0 Å². The highest BCUT2D eigenvalue weighted by Gasteiger charge is 2.33. The van der Waals surface area contributed by atoms with Gasteiger partial charge in [0.25, 0.3) is 5.91 Å². The summed E-state index contributed by atoms with van der Waals surface area (Å²) in [5.41, 5.74) is 3.07. The Kier molecular flexibility index (Phi) is 4.22.